The van der Waals surface area contributed by atoms with Crippen molar-refractivity contribution in [1.29, 1.82) is 0 Å². The van der Waals surface area contributed by atoms with Crippen molar-refractivity contribution in [3.05, 3.63) is 29.8 Å². The van der Waals surface area contributed by atoms with Crippen molar-refractivity contribution in [3.8, 4) is 5.75 Å². The van der Waals surface area contributed by atoms with E-state index in [9.17, 15) is 4.79 Å². The topological polar surface area (TPSA) is 72.5 Å². The Labute approximate surface area is 101 Å². The molecule has 0 heterocycles. The van der Waals surface area contributed by atoms with Gasteiger partial charge in [-0.3, -0.25) is 4.79 Å². The molecule has 17 heavy (non-hydrogen) atoms. The number of nitrogens with two attached hydrogens (primary N) is 1. The highest BCUT2D eigenvalue weighted by atomic mass is 16.5. The fourth-order valence-corrected chi connectivity index (χ4v) is 1.61. The first-order valence-corrected chi connectivity index (χ1v) is 5.75. The normalized spacial score (nSPS) is 12.1. The zero-order valence-electron chi connectivity index (χ0n) is 10.1. The Morgan fingerprint density at radius 1 is 1.35 bits per heavy atom. The molecule has 0 bridgehead atoms. The van der Waals surface area contributed by atoms with Gasteiger partial charge >= 0.3 is 5.97 Å². The van der Waals surface area contributed by atoms with Crippen LogP contribution in [0.3, 0.4) is 0 Å². The molecule has 0 aliphatic carbocycles. The number of rotatable bonds is 7. The lowest BCUT2D eigenvalue weighted by Gasteiger charge is -2.06. The van der Waals surface area contributed by atoms with Crippen LogP contribution in [-0.2, 0) is 11.2 Å². The van der Waals surface area contributed by atoms with Crippen LogP contribution in [0.15, 0.2) is 24.3 Å². The van der Waals surface area contributed by atoms with E-state index >= 15 is 0 Å². The van der Waals surface area contributed by atoms with Crippen LogP contribution >= 0.6 is 0 Å². The predicted octanol–water partition coefficient (Wildman–Crippen LogP) is 1.82. The first kappa shape index (κ1) is 13.5. The average Bonchev–Trinajstić information content (AvgIpc) is 2.35. The highest BCUT2D eigenvalue weighted by Gasteiger charge is 2.09. The lowest BCUT2D eigenvalue weighted by Crippen LogP contribution is -2.29. The van der Waals surface area contributed by atoms with E-state index in [4.69, 9.17) is 15.6 Å². The smallest absolute Gasteiger partial charge is 0.320 e. The minimum Gasteiger partial charge on any atom is -0.497 e. The van der Waals surface area contributed by atoms with Crippen molar-refractivity contribution in [3.63, 3.8) is 0 Å². The van der Waals surface area contributed by atoms with Gasteiger partial charge < -0.3 is 15.6 Å². The molecule has 1 atom stereocenters. The highest BCUT2D eigenvalue weighted by Crippen LogP contribution is 2.13. The lowest BCUT2D eigenvalue weighted by atomic mass is 10.0. The predicted molar refractivity (Wildman–Crippen MR) is 66.2 cm³/mol. The molecule has 0 amide bonds. The van der Waals surface area contributed by atoms with Crippen LogP contribution in [0.2, 0.25) is 0 Å². The van der Waals surface area contributed by atoms with Gasteiger partial charge in [0.25, 0.3) is 0 Å². The summed E-state index contributed by atoms with van der Waals surface area (Å²) in [4.78, 5) is 10.5. The SMILES string of the molecule is COc1ccc(CCCCC(N)C(=O)O)cc1. The van der Waals surface area contributed by atoms with Crippen molar-refractivity contribution in [2.45, 2.75) is 31.7 Å². The minimum atomic E-state index is -0.922. The van der Waals surface area contributed by atoms with Crippen LogP contribution in [-0.4, -0.2) is 24.2 Å². The van der Waals surface area contributed by atoms with Gasteiger partial charge in [-0.15, -0.1) is 0 Å². The Hall–Kier alpha value is -1.55. The third kappa shape index (κ3) is 4.87. The Kier molecular flexibility index (Phi) is 5.49. The Bertz CT molecular complexity index is 348. The summed E-state index contributed by atoms with van der Waals surface area (Å²) in [6.07, 6.45) is 3.26. The van der Waals surface area contributed by atoms with Crippen LogP contribution in [0.1, 0.15) is 24.8 Å². The number of hydrogen-bond acceptors (Lipinski definition) is 3. The van der Waals surface area contributed by atoms with Gasteiger partial charge in [0.05, 0.1) is 7.11 Å². The van der Waals surface area contributed by atoms with Gasteiger partial charge in [0, 0.05) is 0 Å². The van der Waals surface area contributed by atoms with Gasteiger partial charge in [-0.2, -0.15) is 0 Å². The van der Waals surface area contributed by atoms with Gasteiger partial charge in [-0.1, -0.05) is 18.6 Å². The molecule has 0 radical (unpaired) electrons. The van der Waals surface area contributed by atoms with Gasteiger partial charge in [0.2, 0.25) is 0 Å². The zero-order chi connectivity index (χ0) is 12.7. The second kappa shape index (κ2) is 6.91. The van der Waals surface area contributed by atoms with Crippen molar-refractivity contribution in [1.82, 2.24) is 0 Å². The van der Waals surface area contributed by atoms with Crippen LogP contribution in [0.25, 0.3) is 0 Å². The number of hydrogen-bond donors (Lipinski definition) is 2. The van der Waals surface area contributed by atoms with Crippen molar-refractivity contribution in [2.24, 2.45) is 5.73 Å². The highest BCUT2D eigenvalue weighted by molar-refractivity contribution is 5.72. The monoisotopic (exact) mass is 237 g/mol. The summed E-state index contributed by atoms with van der Waals surface area (Å²) in [6, 6.07) is 7.17. The molecule has 0 fully saturated rings. The first-order valence-electron chi connectivity index (χ1n) is 5.75. The summed E-state index contributed by atoms with van der Waals surface area (Å²) in [5.41, 5.74) is 6.65. The summed E-state index contributed by atoms with van der Waals surface area (Å²) >= 11 is 0. The lowest BCUT2D eigenvalue weighted by molar-refractivity contribution is -0.138. The molecular formula is C13H19NO3. The van der Waals surface area contributed by atoms with E-state index in [0.717, 1.165) is 25.0 Å². The van der Waals surface area contributed by atoms with Crippen LogP contribution in [0, 0.1) is 0 Å². The number of aliphatic carboxylic acids is 1. The van der Waals surface area contributed by atoms with Crippen molar-refractivity contribution < 1.29 is 14.6 Å². The fraction of sp³-hybridized carbons (Fsp3) is 0.462. The third-order valence-electron chi connectivity index (χ3n) is 2.71. The molecule has 4 nitrogen and oxygen atoms in total. The number of benzene rings is 1. The fourth-order valence-electron chi connectivity index (χ4n) is 1.61. The molecule has 0 aliphatic rings. The van der Waals surface area contributed by atoms with E-state index in [1.54, 1.807) is 7.11 Å². The third-order valence-corrected chi connectivity index (χ3v) is 2.71. The van der Waals surface area contributed by atoms with Gasteiger partial charge in [-0.05, 0) is 37.0 Å². The van der Waals surface area contributed by atoms with E-state index in [2.05, 4.69) is 0 Å². The molecule has 0 saturated heterocycles. The molecule has 1 unspecified atom stereocenters. The quantitative estimate of drug-likeness (QED) is 0.709. The van der Waals surface area contributed by atoms with Gasteiger partial charge in [0.15, 0.2) is 0 Å². The summed E-state index contributed by atoms with van der Waals surface area (Å²) in [5.74, 6) is -0.0731. The van der Waals surface area contributed by atoms with Crippen molar-refractivity contribution >= 4 is 5.97 Å². The molecule has 0 aromatic heterocycles. The molecule has 0 saturated carbocycles. The molecule has 3 N–H and O–H groups in total. The van der Waals surface area contributed by atoms with Crippen LogP contribution in [0.4, 0.5) is 0 Å². The minimum absolute atomic E-state index is 0.533. The van der Waals surface area contributed by atoms with E-state index in [1.807, 2.05) is 24.3 Å². The zero-order valence-corrected chi connectivity index (χ0v) is 10.1. The molecule has 94 valence electrons. The second-order valence-electron chi connectivity index (χ2n) is 4.04. The molecular weight excluding hydrogens is 218 g/mol. The Balaban J connectivity index is 2.24. The van der Waals surface area contributed by atoms with Crippen LogP contribution in [0.5, 0.6) is 5.75 Å². The molecule has 1 aromatic rings. The molecule has 1 aromatic carbocycles. The standard InChI is InChI=1S/C13H19NO3/c1-17-11-8-6-10(7-9-11)4-2-3-5-12(14)13(15)16/h6-9,12H,2-5,14H2,1H3,(H,15,16). The summed E-state index contributed by atoms with van der Waals surface area (Å²) in [5, 5.41) is 8.62. The Morgan fingerprint density at radius 2 is 2.00 bits per heavy atom. The molecule has 4 heteroatoms. The summed E-state index contributed by atoms with van der Waals surface area (Å²) in [6.45, 7) is 0. The first-order chi connectivity index (χ1) is 8.13. The maximum absolute atomic E-state index is 10.5. The molecule has 1 rings (SSSR count). The largest absolute Gasteiger partial charge is 0.497 e. The summed E-state index contributed by atoms with van der Waals surface area (Å²) in [7, 11) is 1.64. The number of carbonyl (C=O) groups is 1. The number of ether oxygens (including phenoxy) is 1. The number of carboxylic acid groups (broad SMARTS) is 1. The molecule has 0 aliphatic heterocycles. The van der Waals surface area contributed by atoms with Crippen LogP contribution < -0.4 is 10.5 Å². The van der Waals surface area contributed by atoms with E-state index in [0.29, 0.717) is 6.42 Å². The van der Waals surface area contributed by atoms with Gasteiger partial charge in [-0.25, -0.2) is 0 Å². The number of carboxylic acids is 1. The number of methoxy groups -OCH3 is 1. The molecule has 0 spiro atoms. The summed E-state index contributed by atoms with van der Waals surface area (Å²) < 4.78 is 5.07. The Morgan fingerprint density at radius 3 is 2.53 bits per heavy atom. The maximum Gasteiger partial charge on any atom is 0.320 e. The van der Waals surface area contributed by atoms with E-state index in [1.165, 1.54) is 5.56 Å². The number of unbranched alkanes of at least 4 members (excludes halogenated alkanes) is 1. The van der Waals surface area contributed by atoms with Gasteiger partial charge in [0.1, 0.15) is 11.8 Å². The maximum atomic E-state index is 10.5. The van der Waals surface area contributed by atoms with Crippen molar-refractivity contribution in [2.75, 3.05) is 7.11 Å². The van der Waals surface area contributed by atoms with E-state index < -0.39 is 12.0 Å². The van der Waals surface area contributed by atoms with E-state index in [-0.39, 0.29) is 0 Å². The second-order valence-corrected chi connectivity index (χ2v) is 4.04. The average molecular weight is 237 g/mol. The number of aryl methyl sites for hydroxylation is 1.